The first kappa shape index (κ1) is 15.0. The van der Waals surface area contributed by atoms with E-state index in [1.165, 1.54) is 6.07 Å². The summed E-state index contributed by atoms with van der Waals surface area (Å²) in [6.45, 7) is 0. The van der Waals surface area contributed by atoms with Crippen LogP contribution in [0.25, 0.3) is 10.8 Å². The fourth-order valence-corrected chi connectivity index (χ4v) is 2.34. The van der Waals surface area contributed by atoms with Crippen LogP contribution in [0.15, 0.2) is 54.6 Å². The van der Waals surface area contributed by atoms with E-state index in [-0.39, 0.29) is 22.6 Å². The second-order valence-electron chi connectivity index (χ2n) is 4.96. The van der Waals surface area contributed by atoms with Crippen molar-refractivity contribution in [3.63, 3.8) is 0 Å². The second kappa shape index (κ2) is 6.07. The molecule has 0 spiro atoms. The van der Waals surface area contributed by atoms with Gasteiger partial charge in [-0.1, -0.05) is 30.3 Å². The van der Waals surface area contributed by atoms with E-state index >= 15 is 0 Å². The summed E-state index contributed by atoms with van der Waals surface area (Å²) < 4.78 is 5.62. The normalized spacial score (nSPS) is 9.92. The number of nitro benzene ring substituents is 1. The summed E-state index contributed by atoms with van der Waals surface area (Å²) in [5.74, 6) is 0.330. The molecule has 3 aromatic rings. The first-order valence-electron chi connectivity index (χ1n) is 6.91. The van der Waals surface area contributed by atoms with Crippen LogP contribution >= 0.6 is 0 Å². The third kappa shape index (κ3) is 2.72. The van der Waals surface area contributed by atoms with Gasteiger partial charge in [0.1, 0.15) is 17.9 Å². The number of rotatable bonds is 3. The van der Waals surface area contributed by atoms with E-state index in [2.05, 4.69) is 0 Å². The quantitative estimate of drug-likeness (QED) is 0.530. The van der Waals surface area contributed by atoms with Crippen molar-refractivity contribution in [3.8, 4) is 23.6 Å². The van der Waals surface area contributed by atoms with Gasteiger partial charge < -0.3 is 4.74 Å². The van der Waals surface area contributed by atoms with Gasteiger partial charge in [0.25, 0.3) is 0 Å². The molecule has 6 heteroatoms. The predicted molar refractivity (Wildman–Crippen MR) is 86.5 cm³/mol. The van der Waals surface area contributed by atoms with Crippen LogP contribution in [0, 0.1) is 32.8 Å². The van der Waals surface area contributed by atoms with E-state index in [0.717, 1.165) is 16.8 Å². The molecule has 0 aliphatic heterocycles. The Morgan fingerprint density at radius 3 is 2.25 bits per heavy atom. The zero-order valence-electron chi connectivity index (χ0n) is 12.3. The highest BCUT2D eigenvalue weighted by Crippen LogP contribution is 2.34. The lowest BCUT2D eigenvalue weighted by Crippen LogP contribution is -1.96. The van der Waals surface area contributed by atoms with Crippen molar-refractivity contribution in [2.24, 2.45) is 0 Å². The summed E-state index contributed by atoms with van der Waals surface area (Å²) in [4.78, 5) is 10.6. The van der Waals surface area contributed by atoms with Crippen LogP contribution in [0.3, 0.4) is 0 Å². The lowest BCUT2D eigenvalue weighted by Gasteiger charge is -2.08. The number of fused-ring (bicyclic) bond motifs is 1. The van der Waals surface area contributed by atoms with Gasteiger partial charge in [0, 0.05) is 12.1 Å². The van der Waals surface area contributed by atoms with Crippen LogP contribution in [-0.2, 0) is 0 Å². The van der Waals surface area contributed by atoms with Crippen molar-refractivity contribution < 1.29 is 9.66 Å². The standard InChI is InChI=1S/C18H9N3O3/c19-10-14-8-17(21(22)23)18(9-15(14)11-20)24-16-6-5-12-3-1-2-4-13(12)7-16/h1-9H. The summed E-state index contributed by atoms with van der Waals surface area (Å²) in [6.07, 6.45) is 0. The van der Waals surface area contributed by atoms with Crippen LogP contribution in [-0.4, -0.2) is 4.92 Å². The molecule has 114 valence electrons. The lowest BCUT2D eigenvalue weighted by atomic mass is 10.1. The van der Waals surface area contributed by atoms with Crippen LogP contribution in [0.5, 0.6) is 11.5 Å². The lowest BCUT2D eigenvalue weighted by molar-refractivity contribution is -0.385. The fourth-order valence-electron chi connectivity index (χ4n) is 2.34. The number of benzene rings is 3. The average molecular weight is 315 g/mol. The molecule has 3 aromatic carbocycles. The molecule has 0 fully saturated rings. The Morgan fingerprint density at radius 2 is 1.58 bits per heavy atom. The van der Waals surface area contributed by atoms with Crippen molar-refractivity contribution >= 4 is 16.5 Å². The molecule has 0 aliphatic rings. The number of hydrogen-bond donors (Lipinski definition) is 0. The van der Waals surface area contributed by atoms with Gasteiger partial charge in [0.15, 0.2) is 0 Å². The van der Waals surface area contributed by atoms with E-state index < -0.39 is 4.92 Å². The van der Waals surface area contributed by atoms with E-state index in [0.29, 0.717) is 5.75 Å². The molecule has 0 radical (unpaired) electrons. The zero-order valence-corrected chi connectivity index (χ0v) is 12.3. The van der Waals surface area contributed by atoms with Crippen molar-refractivity contribution in [1.29, 1.82) is 10.5 Å². The largest absolute Gasteiger partial charge is 0.450 e. The molecule has 0 heterocycles. The molecular weight excluding hydrogens is 306 g/mol. The molecule has 0 saturated carbocycles. The van der Waals surface area contributed by atoms with Gasteiger partial charge >= 0.3 is 5.69 Å². The van der Waals surface area contributed by atoms with Crippen molar-refractivity contribution in [2.75, 3.05) is 0 Å². The minimum Gasteiger partial charge on any atom is -0.450 e. The highest BCUT2D eigenvalue weighted by Gasteiger charge is 2.20. The Labute approximate surface area is 136 Å². The number of nitro groups is 1. The monoisotopic (exact) mass is 315 g/mol. The van der Waals surface area contributed by atoms with Crippen LogP contribution in [0.4, 0.5) is 5.69 Å². The summed E-state index contributed by atoms with van der Waals surface area (Å²) in [5.41, 5.74) is -0.396. The minimum atomic E-state index is -0.641. The fraction of sp³-hybridized carbons (Fsp3) is 0. The van der Waals surface area contributed by atoms with Crippen molar-refractivity contribution in [3.05, 3.63) is 75.8 Å². The van der Waals surface area contributed by atoms with E-state index in [1.54, 1.807) is 18.2 Å². The van der Waals surface area contributed by atoms with E-state index in [1.807, 2.05) is 36.4 Å². The Balaban J connectivity index is 2.09. The first-order valence-corrected chi connectivity index (χ1v) is 6.91. The topological polar surface area (TPSA) is 99.9 Å². The molecule has 0 unspecified atom stereocenters. The molecule has 24 heavy (non-hydrogen) atoms. The molecule has 0 aromatic heterocycles. The number of nitriles is 2. The molecule has 0 atom stereocenters. The third-order valence-electron chi connectivity index (χ3n) is 3.49. The molecule has 0 aliphatic carbocycles. The smallest absolute Gasteiger partial charge is 0.312 e. The highest BCUT2D eigenvalue weighted by molar-refractivity contribution is 5.83. The Hall–Kier alpha value is -3.90. The summed E-state index contributed by atoms with van der Waals surface area (Å²) in [5, 5.41) is 31.2. The van der Waals surface area contributed by atoms with Gasteiger partial charge in [-0.25, -0.2) is 0 Å². The second-order valence-corrected chi connectivity index (χ2v) is 4.96. The van der Waals surface area contributed by atoms with Gasteiger partial charge in [-0.15, -0.1) is 0 Å². The van der Waals surface area contributed by atoms with Crippen molar-refractivity contribution in [1.82, 2.24) is 0 Å². The van der Waals surface area contributed by atoms with Gasteiger partial charge in [-0.2, -0.15) is 10.5 Å². The Morgan fingerprint density at radius 1 is 0.917 bits per heavy atom. The van der Waals surface area contributed by atoms with Gasteiger partial charge in [0.05, 0.1) is 16.1 Å². The predicted octanol–water partition coefficient (Wildman–Crippen LogP) is 4.28. The molecule has 0 N–H and O–H groups in total. The number of ether oxygens (including phenoxy) is 1. The maximum absolute atomic E-state index is 11.2. The molecule has 3 rings (SSSR count). The zero-order chi connectivity index (χ0) is 17.1. The van der Waals surface area contributed by atoms with Crippen molar-refractivity contribution in [2.45, 2.75) is 0 Å². The molecule has 0 saturated heterocycles. The SMILES string of the molecule is N#Cc1cc(Oc2ccc3ccccc3c2)c([N+](=O)[O-])cc1C#N. The van der Waals surface area contributed by atoms with Crippen LogP contribution in [0.2, 0.25) is 0 Å². The minimum absolute atomic E-state index is 0.0267. The first-order chi connectivity index (χ1) is 11.6. The van der Waals surface area contributed by atoms with Gasteiger partial charge in [0.2, 0.25) is 5.75 Å². The molecule has 6 nitrogen and oxygen atoms in total. The van der Waals surface area contributed by atoms with E-state index in [9.17, 15) is 10.1 Å². The third-order valence-corrected chi connectivity index (χ3v) is 3.49. The summed E-state index contributed by atoms with van der Waals surface area (Å²) >= 11 is 0. The van der Waals surface area contributed by atoms with E-state index in [4.69, 9.17) is 15.3 Å². The maximum atomic E-state index is 11.2. The van der Waals surface area contributed by atoms with Gasteiger partial charge in [-0.05, 0) is 22.9 Å². The molecule has 0 bridgehead atoms. The molecule has 0 amide bonds. The highest BCUT2D eigenvalue weighted by atomic mass is 16.6. The van der Waals surface area contributed by atoms with Gasteiger partial charge in [-0.3, -0.25) is 10.1 Å². The van der Waals surface area contributed by atoms with Crippen LogP contribution in [0.1, 0.15) is 11.1 Å². The Kier molecular flexibility index (Phi) is 3.80. The van der Waals surface area contributed by atoms with Crippen LogP contribution < -0.4 is 4.74 Å². The molecular formula is C18H9N3O3. The summed E-state index contributed by atoms with van der Waals surface area (Å²) in [7, 11) is 0. The average Bonchev–Trinajstić information content (AvgIpc) is 2.61. The number of nitrogens with zero attached hydrogens (tertiary/aromatic N) is 3. The number of hydrogen-bond acceptors (Lipinski definition) is 5. The Bertz CT molecular complexity index is 1050. The maximum Gasteiger partial charge on any atom is 0.312 e. The summed E-state index contributed by atoms with van der Waals surface area (Å²) in [6, 6.07) is 18.8.